The molecule has 0 aliphatic heterocycles. The maximum absolute atomic E-state index is 9.57. The van der Waals surface area contributed by atoms with Gasteiger partial charge in [-0.1, -0.05) is 37.3 Å². The average molecular weight is 179 g/mol. The van der Waals surface area contributed by atoms with E-state index in [0.717, 1.165) is 13.0 Å². The van der Waals surface area contributed by atoms with Crippen LogP contribution in [0, 0.1) is 0 Å². The van der Waals surface area contributed by atoms with Crippen molar-refractivity contribution in [2.45, 2.75) is 19.4 Å². The summed E-state index contributed by atoms with van der Waals surface area (Å²) >= 11 is 0. The van der Waals surface area contributed by atoms with Crippen LogP contribution in [-0.4, -0.2) is 24.3 Å². The molecule has 13 heavy (non-hydrogen) atoms. The van der Waals surface area contributed by atoms with Crippen LogP contribution in [0.4, 0.5) is 0 Å². The van der Waals surface area contributed by atoms with Crippen LogP contribution in [0.15, 0.2) is 30.3 Å². The molecule has 0 heterocycles. The Morgan fingerprint density at radius 2 is 2.00 bits per heavy atom. The number of hydrogen-bond donors (Lipinski definition) is 2. The standard InChI is InChI=1S/C11H17NO/c1-2-12-9-11(13)8-10-6-4-3-5-7-10/h3-7,11-13H,2,8-9H2,1H3. The van der Waals surface area contributed by atoms with E-state index in [1.54, 1.807) is 0 Å². The summed E-state index contributed by atoms with van der Waals surface area (Å²) in [6, 6.07) is 10.1. The van der Waals surface area contributed by atoms with Crippen LogP contribution in [0.1, 0.15) is 12.5 Å². The molecule has 0 spiro atoms. The van der Waals surface area contributed by atoms with E-state index in [2.05, 4.69) is 5.32 Å². The van der Waals surface area contributed by atoms with Crippen LogP contribution in [0.5, 0.6) is 0 Å². The van der Waals surface area contributed by atoms with Crippen LogP contribution < -0.4 is 5.32 Å². The van der Waals surface area contributed by atoms with Gasteiger partial charge < -0.3 is 10.4 Å². The van der Waals surface area contributed by atoms with E-state index in [1.165, 1.54) is 5.56 Å². The third-order valence-electron chi connectivity index (χ3n) is 1.94. The first-order valence-corrected chi connectivity index (χ1v) is 4.75. The number of aliphatic hydroxyl groups excluding tert-OH is 1. The number of likely N-dealkylation sites (N-methyl/N-ethyl adjacent to an activating group) is 1. The fraction of sp³-hybridized carbons (Fsp3) is 0.455. The molecule has 0 amide bonds. The van der Waals surface area contributed by atoms with E-state index in [0.29, 0.717) is 6.54 Å². The number of aliphatic hydroxyl groups is 1. The van der Waals surface area contributed by atoms with Crippen molar-refractivity contribution in [2.75, 3.05) is 13.1 Å². The van der Waals surface area contributed by atoms with Gasteiger partial charge in [0.2, 0.25) is 0 Å². The largest absolute Gasteiger partial charge is 0.391 e. The third kappa shape index (κ3) is 4.06. The third-order valence-corrected chi connectivity index (χ3v) is 1.94. The molecule has 0 aromatic heterocycles. The van der Waals surface area contributed by atoms with E-state index < -0.39 is 0 Å². The molecule has 2 nitrogen and oxygen atoms in total. The van der Waals surface area contributed by atoms with Gasteiger partial charge >= 0.3 is 0 Å². The van der Waals surface area contributed by atoms with Crippen LogP contribution in [0.2, 0.25) is 0 Å². The number of benzene rings is 1. The molecule has 1 atom stereocenters. The predicted octanol–water partition coefficient (Wildman–Crippen LogP) is 1.20. The molecule has 1 aromatic carbocycles. The first-order valence-electron chi connectivity index (χ1n) is 4.75. The Labute approximate surface area is 79.6 Å². The Morgan fingerprint density at radius 1 is 1.31 bits per heavy atom. The second-order valence-corrected chi connectivity index (χ2v) is 3.15. The lowest BCUT2D eigenvalue weighted by molar-refractivity contribution is 0.173. The minimum Gasteiger partial charge on any atom is -0.391 e. The molecule has 0 fully saturated rings. The minimum atomic E-state index is -0.276. The van der Waals surface area contributed by atoms with Crippen LogP contribution in [0.3, 0.4) is 0 Å². The summed E-state index contributed by atoms with van der Waals surface area (Å²) < 4.78 is 0. The molecule has 0 bridgehead atoms. The van der Waals surface area contributed by atoms with Crippen molar-refractivity contribution < 1.29 is 5.11 Å². The minimum absolute atomic E-state index is 0.276. The highest BCUT2D eigenvalue weighted by molar-refractivity contribution is 5.15. The summed E-state index contributed by atoms with van der Waals surface area (Å²) in [7, 11) is 0. The first kappa shape index (κ1) is 10.2. The van der Waals surface area contributed by atoms with E-state index >= 15 is 0 Å². The van der Waals surface area contributed by atoms with Gasteiger partial charge in [-0.2, -0.15) is 0 Å². The van der Waals surface area contributed by atoms with E-state index in [1.807, 2.05) is 37.3 Å². The van der Waals surface area contributed by atoms with Gasteiger partial charge in [0.1, 0.15) is 0 Å². The molecule has 0 saturated heterocycles. The fourth-order valence-corrected chi connectivity index (χ4v) is 1.27. The molecule has 0 aliphatic rings. The Balaban J connectivity index is 2.32. The molecule has 2 N–H and O–H groups in total. The van der Waals surface area contributed by atoms with Crippen molar-refractivity contribution in [3.63, 3.8) is 0 Å². The summed E-state index contributed by atoms with van der Waals surface area (Å²) in [5.74, 6) is 0. The zero-order valence-electron chi connectivity index (χ0n) is 8.03. The number of nitrogens with one attached hydrogen (secondary N) is 1. The average Bonchev–Trinajstić information content (AvgIpc) is 2.16. The van der Waals surface area contributed by atoms with Crippen LogP contribution >= 0.6 is 0 Å². The lowest BCUT2D eigenvalue weighted by Gasteiger charge is -2.10. The zero-order valence-corrected chi connectivity index (χ0v) is 8.03. The Morgan fingerprint density at radius 3 is 2.62 bits per heavy atom. The Kier molecular flexibility index (Phi) is 4.50. The highest BCUT2D eigenvalue weighted by Crippen LogP contribution is 2.01. The predicted molar refractivity (Wildman–Crippen MR) is 54.7 cm³/mol. The summed E-state index contributed by atoms with van der Waals surface area (Å²) in [4.78, 5) is 0. The smallest absolute Gasteiger partial charge is 0.0704 e. The molecular formula is C11H17NO. The van der Waals surface area contributed by atoms with Crippen molar-refractivity contribution in [1.29, 1.82) is 0 Å². The van der Waals surface area contributed by atoms with Crippen molar-refractivity contribution in [3.05, 3.63) is 35.9 Å². The van der Waals surface area contributed by atoms with E-state index in [9.17, 15) is 5.11 Å². The highest BCUT2D eigenvalue weighted by Gasteiger charge is 2.03. The molecule has 1 rings (SSSR count). The highest BCUT2D eigenvalue weighted by atomic mass is 16.3. The summed E-state index contributed by atoms with van der Waals surface area (Å²) in [5.41, 5.74) is 1.19. The maximum Gasteiger partial charge on any atom is 0.0704 e. The lowest BCUT2D eigenvalue weighted by Crippen LogP contribution is -2.28. The second kappa shape index (κ2) is 5.73. The molecular weight excluding hydrogens is 162 g/mol. The summed E-state index contributed by atoms with van der Waals surface area (Å²) in [5, 5.41) is 12.7. The Hall–Kier alpha value is -0.860. The van der Waals surface area contributed by atoms with Gasteiger partial charge in [-0.25, -0.2) is 0 Å². The van der Waals surface area contributed by atoms with Crippen LogP contribution in [0.25, 0.3) is 0 Å². The van der Waals surface area contributed by atoms with E-state index in [4.69, 9.17) is 0 Å². The fourth-order valence-electron chi connectivity index (χ4n) is 1.27. The van der Waals surface area contributed by atoms with Gasteiger partial charge in [0.15, 0.2) is 0 Å². The van der Waals surface area contributed by atoms with E-state index in [-0.39, 0.29) is 6.10 Å². The second-order valence-electron chi connectivity index (χ2n) is 3.15. The molecule has 0 saturated carbocycles. The molecule has 2 heteroatoms. The van der Waals surface area contributed by atoms with Gasteiger partial charge in [-0.05, 0) is 18.5 Å². The molecule has 0 radical (unpaired) electrons. The van der Waals surface area contributed by atoms with Gasteiger partial charge in [0.05, 0.1) is 6.10 Å². The van der Waals surface area contributed by atoms with Crippen molar-refractivity contribution >= 4 is 0 Å². The van der Waals surface area contributed by atoms with Crippen molar-refractivity contribution in [3.8, 4) is 0 Å². The number of hydrogen-bond acceptors (Lipinski definition) is 2. The lowest BCUT2D eigenvalue weighted by atomic mass is 10.1. The first-order chi connectivity index (χ1) is 6.33. The zero-order chi connectivity index (χ0) is 9.52. The molecule has 1 unspecified atom stereocenters. The monoisotopic (exact) mass is 179 g/mol. The maximum atomic E-state index is 9.57. The topological polar surface area (TPSA) is 32.3 Å². The molecule has 72 valence electrons. The van der Waals surface area contributed by atoms with Gasteiger partial charge in [0.25, 0.3) is 0 Å². The normalized spacial score (nSPS) is 12.8. The van der Waals surface area contributed by atoms with Crippen molar-refractivity contribution in [2.24, 2.45) is 0 Å². The number of rotatable bonds is 5. The summed E-state index contributed by atoms with van der Waals surface area (Å²) in [6.45, 7) is 3.62. The Bertz CT molecular complexity index is 223. The molecule has 1 aromatic rings. The van der Waals surface area contributed by atoms with Gasteiger partial charge in [0, 0.05) is 6.54 Å². The summed E-state index contributed by atoms with van der Waals surface area (Å²) in [6.07, 6.45) is 0.454. The quantitative estimate of drug-likeness (QED) is 0.712. The van der Waals surface area contributed by atoms with Crippen LogP contribution in [-0.2, 0) is 6.42 Å². The van der Waals surface area contributed by atoms with Gasteiger partial charge in [-0.15, -0.1) is 0 Å². The van der Waals surface area contributed by atoms with Crippen molar-refractivity contribution in [1.82, 2.24) is 5.32 Å². The van der Waals surface area contributed by atoms with Gasteiger partial charge in [-0.3, -0.25) is 0 Å². The SMILES string of the molecule is CCNCC(O)Cc1ccccc1. The molecule has 0 aliphatic carbocycles.